The number of aliphatic carboxylic acids is 1. The van der Waals surface area contributed by atoms with E-state index in [-0.39, 0.29) is 37.8 Å². The molecule has 1 amide bonds. The number of benzene rings is 1. The van der Waals surface area contributed by atoms with Crippen molar-refractivity contribution in [2.45, 2.75) is 57.2 Å². The maximum absolute atomic E-state index is 13.3. The molecule has 1 aromatic rings. The quantitative estimate of drug-likeness (QED) is 0.657. The van der Waals surface area contributed by atoms with E-state index in [9.17, 15) is 14.0 Å². The van der Waals surface area contributed by atoms with E-state index >= 15 is 0 Å². The van der Waals surface area contributed by atoms with Crippen molar-refractivity contribution in [3.63, 3.8) is 0 Å². The van der Waals surface area contributed by atoms with Gasteiger partial charge in [0.1, 0.15) is 6.17 Å². The average molecular weight is 415 g/mol. The van der Waals surface area contributed by atoms with Crippen LogP contribution >= 0.6 is 11.6 Å². The topological polar surface area (TPSA) is 104 Å². The lowest BCUT2D eigenvalue weighted by atomic mass is 9.90. The predicted octanol–water partition coefficient (Wildman–Crippen LogP) is 3.05. The molecule has 1 saturated carbocycles. The lowest BCUT2D eigenvalue weighted by molar-refractivity contribution is -0.142. The molecule has 28 heavy (non-hydrogen) atoms. The Morgan fingerprint density at radius 1 is 1.25 bits per heavy atom. The Morgan fingerprint density at radius 3 is 2.46 bits per heavy atom. The third-order valence-electron chi connectivity index (χ3n) is 5.27. The molecule has 1 aromatic carbocycles. The first-order chi connectivity index (χ1) is 13.3. The molecule has 2 fully saturated rings. The first-order valence-electron chi connectivity index (χ1n) is 9.63. The molecule has 1 heterocycles. The monoisotopic (exact) mass is 414 g/mol. The fourth-order valence-corrected chi connectivity index (χ4v) is 3.85. The molecule has 2 unspecified atom stereocenters. The second kappa shape index (κ2) is 10.6. The number of amides is 1. The van der Waals surface area contributed by atoms with Crippen molar-refractivity contribution in [1.82, 2.24) is 4.90 Å². The number of rotatable bonds is 4. The number of carbonyl (C=O) groups excluding carboxylic acids is 1. The van der Waals surface area contributed by atoms with Gasteiger partial charge >= 0.3 is 5.97 Å². The van der Waals surface area contributed by atoms with Gasteiger partial charge in [0.15, 0.2) is 0 Å². The van der Waals surface area contributed by atoms with Gasteiger partial charge in [0.05, 0.1) is 42.2 Å². The van der Waals surface area contributed by atoms with Crippen LogP contribution in [0.25, 0.3) is 0 Å². The van der Waals surface area contributed by atoms with E-state index in [1.54, 1.807) is 18.2 Å². The summed E-state index contributed by atoms with van der Waals surface area (Å²) in [5.41, 5.74) is 6.77. The zero-order valence-electron chi connectivity index (χ0n) is 15.8. The highest BCUT2D eigenvalue weighted by Crippen LogP contribution is 2.24. The van der Waals surface area contributed by atoms with Crippen LogP contribution in [-0.2, 0) is 16.0 Å². The number of likely N-dealkylation sites (tertiary alicyclic amines) is 1. The number of carboxylic acid groups (broad SMARTS) is 1. The number of hydrogen-bond donors (Lipinski definition) is 3. The SMILES string of the molecule is Nc1ccc(CC(=O)N2CC(F)CC2CO)cc1Cl.O=C(O)C1CCCCC1. The summed E-state index contributed by atoms with van der Waals surface area (Å²) in [6, 6.07) is 4.56. The molecule has 0 spiro atoms. The lowest BCUT2D eigenvalue weighted by Crippen LogP contribution is -2.38. The van der Waals surface area contributed by atoms with E-state index in [4.69, 9.17) is 27.5 Å². The number of aliphatic hydroxyl groups is 1. The largest absolute Gasteiger partial charge is 0.481 e. The van der Waals surface area contributed by atoms with Gasteiger partial charge in [-0.15, -0.1) is 0 Å². The van der Waals surface area contributed by atoms with Crippen molar-refractivity contribution in [3.8, 4) is 0 Å². The van der Waals surface area contributed by atoms with Gasteiger partial charge in [0.25, 0.3) is 0 Å². The van der Waals surface area contributed by atoms with Crippen LogP contribution in [0.2, 0.25) is 5.02 Å². The van der Waals surface area contributed by atoms with Crippen LogP contribution in [0.3, 0.4) is 0 Å². The van der Waals surface area contributed by atoms with Gasteiger partial charge in [-0.3, -0.25) is 9.59 Å². The minimum Gasteiger partial charge on any atom is -0.481 e. The Hall–Kier alpha value is -1.86. The van der Waals surface area contributed by atoms with Gasteiger partial charge in [-0.25, -0.2) is 4.39 Å². The van der Waals surface area contributed by atoms with Crippen molar-refractivity contribution >= 4 is 29.2 Å². The van der Waals surface area contributed by atoms with Crippen LogP contribution in [0.1, 0.15) is 44.1 Å². The summed E-state index contributed by atoms with van der Waals surface area (Å²) in [4.78, 5) is 23.9. The molecule has 0 aromatic heterocycles. The first-order valence-corrected chi connectivity index (χ1v) is 10.0. The molecule has 4 N–H and O–H groups in total. The van der Waals surface area contributed by atoms with E-state index in [2.05, 4.69) is 0 Å². The van der Waals surface area contributed by atoms with Crippen molar-refractivity contribution in [2.75, 3.05) is 18.9 Å². The highest BCUT2D eigenvalue weighted by molar-refractivity contribution is 6.33. The van der Waals surface area contributed by atoms with Crippen LogP contribution in [-0.4, -0.2) is 52.4 Å². The Balaban J connectivity index is 0.000000261. The van der Waals surface area contributed by atoms with Crippen LogP contribution in [0.15, 0.2) is 18.2 Å². The zero-order valence-corrected chi connectivity index (χ0v) is 16.6. The molecule has 6 nitrogen and oxygen atoms in total. The average Bonchev–Trinajstić information content (AvgIpc) is 3.07. The maximum atomic E-state index is 13.3. The number of nitrogens with two attached hydrogens (primary N) is 1. The van der Waals surface area contributed by atoms with Crippen LogP contribution in [0.4, 0.5) is 10.1 Å². The molecule has 156 valence electrons. The number of nitrogen functional groups attached to an aromatic ring is 1. The summed E-state index contributed by atoms with van der Waals surface area (Å²) in [5, 5.41) is 18.1. The molecule has 1 saturated heterocycles. The van der Waals surface area contributed by atoms with Crippen molar-refractivity contribution in [2.24, 2.45) is 5.92 Å². The zero-order chi connectivity index (χ0) is 20.7. The number of halogens is 2. The molecule has 1 aliphatic heterocycles. The second-order valence-corrected chi connectivity index (χ2v) is 7.83. The van der Waals surface area contributed by atoms with Crippen molar-refractivity contribution in [1.29, 1.82) is 0 Å². The third kappa shape index (κ3) is 6.34. The number of carboxylic acids is 1. The summed E-state index contributed by atoms with van der Waals surface area (Å²) in [6.07, 6.45) is 4.51. The fourth-order valence-electron chi connectivity index (χ4n) is 3.64. The Bertz CT molecular complexity index is 682. The summed E-state index contributed by atoms with van der Waals surface area (Å²) in [5.74, 6) is -0.839. The number of carbonyl (C=O) groups is 2. The van der Waals surface area contributed by atoms with E-state index in [0.29, 0.717) is 10.7 Å². The predicted molar refractivity (Wildman–Crippen MR) is 106 cm³/mol. The summed E-state index contributed by atoms with van der Waals surface area (Å²) in [7, 11) is 0. The fraction of sp³-hybridized carbons (Fsp3) is 0.600. The van der Waals surface area contributed by atoms with Crippen LogP contribution < -0.4 is 5.73 Å². The number of anilines is 1. The number of alkyl halides is 1. The molecule has 0 bridgehead atoms. The molecular formula is C20H28ClFN2O4. The smallest absolute Gasteiger partial charge is 0.306 e. The van der Waals surface area contributed by atoms with Gasteiger partial charge in [-0.1, -0.05) is 36.9 Å². The highest BCUT2D eigenvalue weighted by Gasteiger charge is 2.34. The summed E-state index contributed by atoms with van der Waals surface area (Å²) < 4.78 is 13.3. The second-order valence-electron chi connectivity index (χ2n) is 7.42. The van der Waals surface area contributed by atoms with E-state index < -0.39 is 18.2 Å². The molecule has 3 rings (SSSR count). The van der Waals surface area contributed by atoms with E-state index in [0.717, 1.165) is 31.2 Å². The molecule has 0 radical (unpaired) electrons. The molecular weight excluding hydrogens is 387 g/mol. The van der Waals surface area contributed by atoms with Gasteiger partial charge in [-0.05, 0) is 30.5 Å². The maximum Gasteiger partial charge on any atom is 0.306 e. The highest BCUT2D eigenvalue weighted by atomic mass is 35.5. The summed E-state index contributed by atoms with van der Waals surface area (Å²) in [6.45, 7) is -0.165. The third-order valence-corrected chi connectivity index (χ3v) is 5.60. The number of aliphatic hydroxyl groups excluding tert-OH is 1. The molecule has 2 aliphatic rings. The first kappa shape index (κ1) is 22.4. The molecule has 2 atom stereocenters. The number of nitrogens with zero attached hydrogens (tertiary/aromatic N) is 1. The normalized spacial score (nSPS) is 22.5. The Morgan fingerprint density at radius 2 is 1.93 bits per heavy atom. The van der Waals surface area contributed by atoms with Gasteiger partial charge in [0, 0.05) is 6.42 Å². The Labute approximate surface area is 169 Å². The van der Waals surface area contributed by atoms with Gasteiger partial charge in [0.2, 0.25) is 5.91 Å². The lowest BCUT2D eigenvalue weighted by Gasteiger charge is -2.22. The standard InChI is InChI=1S/C13H16ClFN2O2.C7H12O2/c14-11-3-8(1-2-12(11)16)4-13(19)17-6-9(15)5-10(17)7-18;8-7(9)6-4-2-1-3-5-6/h1-3,9-10,18H,4-7,16H2;6H,1-5H2,(H,8,9). The van der Waals surface area contributed by atoms with Crippen LogP contribution in [0.5, 0.6) is 0 Å². The van der Waals surface area contributed by atoms with Crippen molar-refractivity contribution < 1.29 is 24.2 Å². The molecule has 1 aliphatic carbocycles. The van der Waals surface area contributed by atoms with E-state index in [1.165, 1.54) is 11.3 Å². The Kier molecular flexibility index (Phi) is 8.51. The van der Waals surface area contributed by atoms with Crippen molar-refractivity contribution in [3.05, 3.63) is 28.8 Å². The van der Waals surface area contributed by atoms with Gasteiger partial charge < -0.3 is 20.8 Å². The summed E-state index contributed by atoms with van der Waals surface area (Å²) >= 11 is 5.89. The van der Waals surface area contributed by atoms with E-state index in [1.807, 2.05) is 0 Å². The minimum atomic E-state index is -1.06. The van der Waals surface area contributed by atoms with Crippen LogP contribution in [0, 0.1) is 5.92 Å². The molecule has 8 heteroatoms. The van der Waals surface area contributed by atoms with Gasteiger partial charge in [-0.2, -0.15) is 0 Å². The minimum absolute atomic E-state index is 0.0289. The number of hydrogen-bond acceptors (Lipinski definition) is 4.